The fourth-order valence-corrected chi connectivity index (χ4v) is 4.00. The first-order valence-corrected chi connectivity index (χ1v) is 13.4. The van der Waals surface area contributed by atoms with Crippen LogP contribution < -0.4 is 16.0 Å². The van der Waals surface area contributed by atoms with Crippen LogP contribution >= 0.6 is 0 Å². The highest BCUT2D eigenvalue weighted by atomic mass is 16.3. The van der Waals surface area contributed by atoms with E-state index < -0.39 is 47.8 Å². The topological polar surface area (TPSA) is 145 Å². The van der Waals surface area contributed by atoms with Crippen molar-refractivity contribution >= 4 is 23.5 Å². The molecule has 0 aromatic carbocycles. The standard InChI is InChI=1S/C28H45N3O6/c1-4-5-6-7-8-9-10-11-12-13-26(36)31-27(21(3)32)24(34)19-22-18-23(33)16-17-29-25(35)15-14-20(2)30-28(22)37/h10-15,20-23,27,32-33H,4-9,16-19H2,1-3H3,(H,29,35)(H,30,37)(H,31,36)/b11-10+,13-12+,15-14+/t20-,21+,22-,23-,27+/m0/s1. The average Bonchev–Trinajstić information content (AvgIpc) is 2.83. The van der Waals surface area contributed by atoms with Crippen molar-refractivity contribution < 1.29 is 29.4 Å². The van der Waals surface area contributed by atoms with E-state index in [2.05, 4.69) is 22.9 Å². The van der Waals surface area contributed by atoms with E-state index in [4.69, 9.17) is 0 Å². The third-order valence-electron chi connectivity index (χ3n) is 6.15. The van der Waals surface area contributed by atoms with Crippen LogP contribution in [0, 0.1) is 5.92 Å². The Morgan fingerprint density at radius 1 is 1.19 bits per heavy atom. The summed E-state index contributed by atoms with van der Waals surface area (Å²) in [6.07, 6.45) is 14.3. The van der Waals surface area contributed by atoms with E-state index in [-0.39, 0.29) is 31.7 Å². The Kier molecular flexibility index (Phi) is 16.1. The van der Waals surface area contributed by atoms with Crippen molar-refractivity contribution in [1.82, 2.24) is 16.0 Å². The number of nitrogens with one attached hydrogen (secondary N) is 3. The number of hydrogen-bond donors (Lipinski definition) is 5. The van der Waals surface area contributed by atoms with Crippen LogP contribution in [0.4, 0.5) is 0 Å². The molecule has 0 bridgehead atoms. The highest BCUT2D eigenvalue weighted by Gasteiger charge is 2.31. The van der Waals surface area contributed by atoms with Crippen LogP contribution in [0.25, 0.3) is 0 Å². The molecule has 0 saturated heterocycles. The second-order valence-electron chi connectivity index (χ2n) is 9.71. The number of aliphatic hydroxyl groups excluding tert-OH is 2. The first kappa shape index (κ1) is 32.2. The Morgan fingerprint density at radius 2 is 1.92 bits per heavy atom. The molecule has 9 heteroatoms. The highest BCUT2D eigenvalue weighted by molar-refractivity contribution is 5.95. The van der Waals surface area contributed by atoms with Crippen molar-refractivity contribution in [3.05, 3.63) is 36.5 Å². The zero-order valence-corrected chi connectivity index (χ0v) is 22.4. The van der Waals surface area contributed by atoms with Gasteiger partial charge in [-0.25, -0.2) is 0 Å². The molecular weight excluding hydrogens is 474 g/mol. The molecule has 1 aliphatic rings. The minimum absolute atomic E-state index is 0.00744. The van der Waals surface area contributed by atoms with E-state index in [0.29, 0.717) is 0 Å². The third-order valence-corrected chi connectivity index (χ3v) is 6.15. The summed E-state index contributed by atoms with van der Waals surface area (Å²) in [7, 11) is 0. The molecule has 0 radical (unpaired) electrons. The predicted molar refractivity (Wildman–Crippen MR) is 143 cm³/mol. The summed E-state index contributed by atoms with van der Waals surface area (Å²) < 4.78 is 0. The summed E-state index contributed by atoms with van der Waals surface area (Å²) in [5.41, 5.74) is 0. The largest absolute Gasteiger partial charge is 0.393 e. The molecule has 0 unspecified atom stereocenters. The Bertz CT molecular complexity index is 821. The lowest BCUT2D eigenvalue weighted by Gasteiger charge is -2.25. The number of carbonyl (C=O) groups is 4. The molecule has 1 aliphatic heterocycles. The van der Waals surface area contributed by atoms with E-state index in [9.17, 15) is 29.4 Å². The van der Waals surface area contributed by atoms with Gasteiger partial charge in [0.15, 0.2) is 5.78 Å². The monoisotopic (exact) mass is 519 g/mol. The molecule has 0 fully saturated rings. The summed E-state index contributed by atoms with van der Waals surface area (Å²) in [4.78, 5) is 49.9. The van der Waals surface area contributed by atoms with Crippen molar-refractivity contribution in [3.63, 3.8) is 0 Å². The van der Waals surface area contributed by atoms with Gasteiger partial charge in [-0.1, -0.05) is 56.9 Å². The van der Waals surface area contributed by atoms with Gasteiger partial charge in [0.05, 0.1) is 12.2 Å². The molecule has 1 rings (SSSR count). The van der Waals surface area contributed by atoms with E-state index >= 15 is 0 Å². The van der Waals surface area contributed by atoms with Gasteiger partial charge in [0.1, 0.15) is 6.04 Å². The Hall–Kier alpha value is -2.78. The van der Waals surface area contributed by atoms with Crippen molar-refractivity contribution in [2.75, 3.05) is 6.54 Å². The molecule has 208 valence electrons. The maximum atomic E-state index is 13.0. The molecule has 5 N–H and O–H groups in total. The number of carbonyl (C=O) groups excluding carboxylic acids is 4. The lowest BCUT2D eigenvalue weighted by atomic mass is 9.90. The summed E-state index contributed by atoms with van der Waals surface area (Å²) >= 11 is 0. The number of unbranched alkanes of at least 4 members (excludes halogenated alkanes) is 5. The smallest absolute Gasteiger partial charge is 0.244 e. The van der Waals surface area contributed by atoms with Crippen LogP contribution in [0.1, 0.15) is 78.6 Å². The van der Waals surface area contributed by atoms with E-state index in [1.165, 1.54) is 50.8 Å². The highest BCUT2D eigenvalue weighted by Crippen LogP contribution is 2.17. The lowest BCUT2D eigenvalue weighted by molar-refractivity contribution is -0.133. The van der Waals surface area contributed by atoms with E-state index in [0.717, 1.165) is 12.8 Å². The molecular formula is C28H45N3O6. The van der Waals surface area contributed by atoms with Crippen LogP contribution in [-0.4, -0.2) is 64.6 Å². The number of allylic oxidation sites excluding steroid dienone is 3. The molecule has 3 amide bonds. The van der Waals surface area contributed by atoms with E-state index in [1.54, 1.807) is 19.1 Å². The zero-order valence-electron chi connectivity index (χ0n) is 22.4. The maximum Gasteiger partial charge on any atom is 0.244 e. The molecule has 9 nitrogen and oxygen atoms in total. The predicted octanol–water partition coefficient (Wildman–Crippen LogP) is 2.23. The summed E-state index contributed by atoms with van der Waals surface area (Å²) in [5, 5.41) is 28.4. The molecule has 0 aromatic heterocycles. The van der Waals surface area contributed by atoms with E-state index in [1.807, 2.05) is 6.08 Å². The van der Waals surface area contributed by atoms with Crippen LogP contribution in [0.5, 0.6) is 0 Å². The van der Waals surface area contributed by atoms with Gasteiger partial charge in [0.2, 0.25) is 17.7 Å². The normalized spacial score (nSPS) is 24.0. The second kappa shape index (κ2) is 18.5. The number of aliphatic hydroxyl groups is 2. The molecule has 0 spiro atoms. The first-order chi connectivity index (χ1) is 17.6. The zero-order chi connectivity index (χ0) is 27.6. The Balaban J connectivity index is 2.73. The molecule has 0 aliphatic carbocycles. The lowest BCUT2D eigenvalue weighted by Crippen LogP contribution is -2.49. The van der Waals surface area contributed by atoms with Gasteiger partial charge >= 0.3 is 0 Å². The fraction of sp³-hybridized carbons (Fsp3) is 0.643. The van der Waals surface area contributed by atoms with Gasteiger partial charge in [-0.2, -0.15) is 0 Å². The van der Waals surface area contributed by atoms with Gasteiger partial charge in [-0.15, -0.1) is 0 Å². The van der Waals surface area contributed by atoms with Gasteiger partial charge in [-0.05, 0) is 39.5 Å². The minimum Gasteiger partial charge on any atom is -0.393 e. The molecule has 5 atom stereocenters. The number of rotatable bonds is 13. The van der Waals surface area contributed by atoms with Crippen molar-refractivity contribution in [1.29, 1.82) is 0 Å². The Labute approximate surface area is 220 Å². The van der Waals surface area contributed by atoms with Gasteiger partial charge in [0.25, 0.3) is 0 Å². The quantitative estimate of drug-likeness (QED) is 0.143. The number of ketones is 1. The first-order valence-electron chi connectivity index (χ1n) is 13.4. The van der Waals surface area contributed by atoms with Gasteiger partial charge in [0, 0.05) is 37.1 Å². The number of hydrogen-bond acceptors (Lipinski definition) is 6. The van der Waals surface area contributed by atoms with Crippen molar-refractivity contribution in [2.45, 2.75) is 103 Å². The molecule has 1 heterocycles. The summed E-state index contributed by atoms with van der Waals surface area (Å²) in [6.45, 7) is 5.49. The van der Waals surface area contributed by atoms with Crippen LogP contribution in [-0.2, 0) is 19.2 Å². The third kappa shape index (κ3) is 14.5. The average molecular weight is 520 g/mol. The fourth-order valence-electron chi connectivity index (χ4n) is 4.00. The number of Topliss-reactive ketones (excluding diaryl/α,β-unsaturated/α-hetero) is 1. The van der Waals surface area contributed by atoms with Crippen molar-refractivity contribution in [2.24, 2.45) is 5.92 Å². The molecule has 0 saturated carbocycles. The van der Waals surface area contributed by atoms with Gasteiger partial charge in [-0.3, -0.25) is 19.2 Å². The van der Waals surface area contributed by atoms with Crippen molar-refractivity contribution in [3.8, 4) is 0 Å². The van der Waals surface area contributed by atoms with Gasteiger partial charge < -0.3 is 26.2 Å². The SMILES string of the molecule is CCCCCCC/C=C/C=C/C(=O)N[C@@H](C(=O)C[C@@H]1C[C@@H](O)CCNC(=O)/C=C/[C@H](C)NC1=O)[C@@H](C)O. The Morgan fingerprint density at radius 3 is 2.62 bits per heavy atom. The number of amides is 3. The summed E-state index contributed by atoms with van der Waals surface area (Å²) in [6, 6.07) is -1.66. The van der Waals surface area contributed by atoms with Crippen LogP contribution in [0.15, 0.2) is 36.5 Å². The summed E-state index contributed by atoms with van der Waals surface area (Å²) in [5.74, 6) is -2.65. The minimum atomic E-state index is -1.19. The molecule has 0 aromatic rings. The maximum absolute atomic E-state index is 13.0. The van der Waals surface area contributed by atoms with Crippen LogP contribution in [0.3, 0.4) is 0 Å². The second-order valence-corrected chi connectivity index (χ2v) is 9.71. The van der Waals surface area contributed by atoms with Crippen LogP contribution in [0.2, 0.25) is 0 Å². The molecule has 37 heavy (non-hydrogen) atoms.